The minimum Gasteiger partial charge on any atom is -0.495 e. The number of hydrogen-bond donors (Lipinski definition) is 2. The van der Waals surface area contributed by atoms with Crippen LogP contribution in [0.4, 0.5) is 0 Å². The highest BCUT2D eigenvalue weighted by Crippen LogP contribution is 2.24. The Balaban J connectivity index is 1.41. The van der Waals surface area contributed by atoms with Crippen LogP contribution in [0.5, 0.6) is 5.75 Å². The number of aromatic amines is 1. The molecule has 7 nitrogen and oxygen atoms in total. The van der Waals surface area contributed by atoms with Crippen molar-refractivity contribution < 1.29 is 9.53 Å². The zero-order valence-electron chi connectivity index (χ0n) is 15.3. The Hall–Kier alpha value is -3.87. The minimum atomic E-state index is -0.196. The summed E-state index contributed by atoms with van der Waals surface area (Å²) in [7, 11) is 1.61. The first-order valence-corrected chi connectivity index (χ1v) is 8.79. The van der Waals surface area contributed by atoms with E-state index >= 15 is 0 Å². The lowest BCUT2D eigenvalue weighted by Crippen LogP contribution is -2.20. The number of carbonyl (C=O) groups is 1. The number of benzene rings is 2. The average Bonchev–Trinajstić information content (AvgIpc) is 3.40. The molecule has 2 aromatic heterocycles. The molecule has 28 heavy (non-hydrogen) atoms. The molecule has 0 bridgehead atoms. The summed E-state index contributed by atoms with van der Waals surface area (Å²) in [4.78, 5) is 23.8. The fourth-order valence-electron chi connectivity index (χ4n) is 2.90. The maximum absolute atomic E-state index is 12.1. The highest BCUT2D eigenvalue weighted by Gasteiger charge is 2.06. The normalized spacial score (nSPS) is 11.2. The van der Waals surface area contributed by atoms with Gasteiger partial charge in [-0.15, -0.1) is 0 Å². The van der Waals surface area contributed by atoms with Gasteiger partial charge in [0.25, 0.3) is 0 Å². The number of H-pyrrole nitrogens is 1. The molecule has 2 aromatic carbocycles. The largest absolute Gasteiger partial charge is 0.495 e. The second-order valence-electron chi connectivity index (χ2n) is 6.15. The second kappa shape index (κ2) is 7.79. The SMILES string of the molecule is COc1cc(C=CC(=O)NCc2nc3ccccc3[nH]2)ccc1-n1ccnc1. The van der Waals surface area contributed by atoms with Crippen molar-refractivity contribution >= 4 is 23.0 Å². The van der Waals surface area contributed by atoms with E-state index in [0.717, 1.165) is 22.3 Å². The summed E-state index contributed by atoms with van der Waals surface area (Å²) >= 11 is 0. The number of amides is 1. The molecule has 4 rings (SSSR count). The van der Waals surface area contributed by atoms with E-state index in [0.29, 0.717) is 18.1 Å². The molecule has 0 fully saturated rings. The molecule has 0 radical (unpaired) electrons. The van der Waals surface area contributed by atoms with Gasteiger partial charge in [-0.3, -0.25) is 4.79 Å². The number of imidazole rings is 2. The molecule has 0 atom stereocenters. The lowest BCUT2D eigenvalue weighted by atomic mass is 10.1. The van der Waals surface area contributed by atoms with Gasteiger partial charge in [0.05, 0.1) is 36.7 Å². The van der Waals surface area contributed by atoms with Crippen molar-refractivity contribution in [1.29, 1.82) is 0 Å². The van der Waals surface area contributed by atoms with Crippen LogP contribution in [0.3, 0.4) is 0 Å². The predicted octanol–water partition coefficient (Wildman–Crippen LogP) is 3.09. The maximum Gasteiger partial charge on any atom is 0.244 e. The Kier molecular flexibility index (Phi) is 4.88. The Morgan fingerprint density at radius 3 is 2.96 bits per heavy atom. The number of aromatic nitrogens is 4. The van der Waals surface area contributed by atoms with E-state index in [2.05, 4.69) is 20.3 Å². The van der Waals surface area contributed by atoms with Gasteiger partial charge in [0.15, 0.2) is 0 Å². The van der Waals surface area contributed by atoms with Crippen molar-refractivity contribution in [3.63, 3.8) is 0 Å². The van der Waals surface area contributed by atoms with Crippen molar-refractivity contribution in [3.8, 4) is 11.4 Å². The number of para-hydroxylation sites is 2. The molecule has 140 valence electrons. The average molecular weight is 373 g/mol. The van der Waals surface area contributed by atoms with Gasteiger partial charge in [0.2, 0.25) is 5.91 Å². The van der Waals surface area contributed by atoms with Gasteiger partial charge < -0.3 is 19.6 Å². The highest BCUT2D eigenvalue weighted by molar-refractivity contribution is 5.91. The molecule has 0 aliphatic carbocycles. The Bertz CT molecular complexity index is 1100. The summed E-state index contributed by atoms with van der Waals surface area (Å²) in [5.74, 6) is 1.22. The molecule has 2 N–H and O–H groups in total. The zero-order valence-corrected chi connectivity index (χ0v) is 15.3. The number of ether oxygens (including phenoxy) is 1. The van der Waals surface area contributed by atoms with E-state index in [1.807, 2.05) is 53.2 Å². The third-order valence-corrected chi connectivity index (χ3v) is 4.28. The fraction of sp³-hybridized carbons (Fsp3) is 0.0952. The molecule has 0 unspecified atom stereocenters. The third-order valence-electron chi connectivity index (χ3n) is 4.28. The molecule has 0 aliphatic heterocycles. The third kappa shape index (κ3) is 3.78. The van der Waals surface area contributed by atoms with Gasteiger partial charge in [-0.05, 0) is 35.9 Å². The summed E-state index contributed by atoms with van der Waals surface area (Å²) in [6.45, 7) is 0.334. The lowest BCUT2D eigenvalue weighted by molar-refractivity contribution is -0.116. The number of fused-ring (bicyclic) bond motifs is 1. The van der Waals surface area contributed by atoms with Gasteiger partial charge in [0.1, 0.15) is 11.6 Å². The summed E-state index contributed by atoms with van der Waals surface area (Å²) in [6.07, 6.45) is 8.50. The van der Waals surface area contributed by atoms with Gasteiger partial charge in [-0.1, -0.05) is 18.2 Å². The van der Waals surface area contributed by atoms with Gasteiger partial charge >= 0.3 is 0 Å². The molecule has 0 spiro atoms. The quantitative estimate of drug-likeness (QED) is 0.509. The van der Waals surface area contributed by atoms with Gasteiger partial charge in [-0.25, -0.2) is 9.97 Å². The number of nitrogens with one attached hydrogen (secondary N) is 2. The summed E-state index contributed by atoms with van der Waals surface area (Å²) in [6, 6.07) is 13.5. The molecule has 4 aromatic rings. The van der Waals surface area contributed by atoms with Crippen molar-refractivity contribution in [2.45, 2.75) is 6.54 Å². The lowest BCUT2D eigenvalue weighted by Gasteiger charge is -2.09. The van der Waals surface area contributed by atoms with Crippen LogP contribution in [0, 0.1) is 0 Å². The number of nitrogens with zero attached hydrogens (tertiary/aromatic N) is 3. The number of carbonyl (C=O) groups excluding carboxylic acids is 1. The van der Waals surface area contributed by atoms with Crippen LogP contribution in [0.2, 0.25) is 0 Å². The van der Waals surface area contributed by atoms with E-state index in [1.54, 1.807) is 25.7 Å². The van der Waals surface area contributed by atoms with E-state index in [1.165, 1.54) is 6.08 Å². The van der Waals surface area contributed by atoms with Crippen LogP contribution < -0.4 is 10.1 Å². The summed E-state index contributed by atoms with van der Waals surface area (Å²) in [5.41, 5.74) is 3.57. The second-order valence-corrected chi connectivity index (χ2v) is 6.15. The molecule has 0 aliphatic rings. The van der Waals surface area contributed by atoms with Crippen LogP contribution >= 0.6 is 0 Å². The molecular formula is C21H19N5O2. The summed E-state index contributed by atoms with van der Waals surface area (Å²) in [5, 5.41) is 2.83. The Morgan fingerprint density at radius 2 is 2.18 bits per heavy atom. The van der Waals surface area contributed by atoms with Crippen LogP contribution in [-0.2, 0) is 11.3 Å². The standard InChI is InChI=1S/C21H19N5O2/c1-28-19-12-15(6-8-18(19)26-11-10-22-14-26)7-9-21(27)23-13-20-24-16-4-2-3-5-17(16)25-20/h2-12,14H,13H2,1H3,(H,23,27)(H,24,25). The predicted molar refractivity (Wildman–Crippen MR) is 107 cm³/mol. The van der Waals surface area contributed by atoms with Crippen LogP contribution in [-0.4, -0.2) is 32.5 Å². The number of methoxy groups -OCH3 is 1. The van der Waals surface area contributed by atoms with Crippen LogP contribution in [0.1, 0.15) is 11.4 Å². The van der Waals surface area contributed by atoms with Crippen molar-refractivity contribution in [1.82, 2.24) is 24.8 Å². The van der Waals surface area contributed by atoms with Crippen molar-refractivity contribution in [2.75, 3.05) is 7.11 Å². The smallest absolute Gasteiger partial charge is 0.244 e. The molecule has 1 amide bonds. The first-order valence-electron chi connectivity index (χ1n) is 8.79. The fourth-order valence-corrected chi connectivity index (χ4v) is 2.90. The van der Waals surface area contributed by atoms with Crippen molar-refractivity contribution in [3.05, 3.63) is 78.6 Å². The summed E-state index contributed by atoms with van der Waals surface area (Å²) < 4.78 is 7.32. The zero-order chi connectivity index (χ0) is 19.3. The Morgan fingerprint density at radius 1 is 1.29 bits per heavy atom. The van der Waals surface area contributed by atoms with E-state index < -0.39 is 0 Å². The van der Waals surface area contributed by atoms with Gasteiger partial charge in [-0.2, -0.15) is 0 Å². The van der Waals surface area contributed by atoms with E-state index in [9.17, 15) is 4.79 Å². The minimum absolute atomic E-state index is 0.196. The van der Waals surface area contributed by atoms with Crippen LogP contribution in [0.15, 0.2) is 67.3 Å². The first kappa shape index (κ1) is 17.5. The van der Waals surface area contributed by atoms with Crippen LogP contribution in [0.25, 0.3) is 22.8 Å². The van der Waals surface area contributed by atoms with Crippen molar-refractivity contribution in [2.24, 2.45) is 0 Å². The maximum atomic E-state index is 12.1. The van der Waals surface area contributed by atoms with Gasteiger partial charge in [0, 0.05) is 18.5 Å². The van der Waals surface area contributed by atoms with E-state index in [-0.39, 0.29) is 5.91 Å². The number of rotatable bonds is 6. The highest BCUT2D eigenvalue weighted by atomic mass is 16.5. The molecule has 0 saturated heterocycles. The molecule has 0 saturated carbocycles. The Labute approximate surface area is 161 Å². The van der Waals surface area contributed by atoms with E-state index in [4.69, 9.17) is 4.74 Å². The monoisotopic (exact) mass is 373 g/mol. The molecule has 2 heterocycles. The molecular weight excluding hydrogens is 354 g/mol. The number of hydrogen-bond acceptors (Lipinski definition) is 4. The molecule has 7 heteroatoms. The topological polar surface area (TPSA) is 84.8 Å². The first-order chi connectivity index (χ1) is 13.7.